The Labute approximate surface area is 95.4 Å². The molecule has 1 aromatic heterocycles. The van der Waals surface area contributed by atoms with Crippen molar-refractivity contribution in [1.82, 2.24) is 4.98 Å². The molecule has 0 unspecified atom stereocenters. The van der Waals surface area contributed by atoms with Crippen LogP contribution in [0.3, 0.4) is 0 Å². The highest BCUT2D eigenvalue weighted by molar-refractivity contribution is 5.95. The summed E-state index contributed by atoms with van der Waals surface area (Å²) >= 11 is 0. The van der Waals surface area contributed by atoms with Crippen molar-refractivity contribution in [2.45, 2.75) is 0 Å². The van der Waals surface area contributed by atoms with Crippen molar-refractivity contribution in [2.24, 2.45) is 0 Å². The molecule has 0 aliphatic heterocycles. The van der Waals surface area contributed by atoms with Crippen LogP contribution in [0.1, 0.15) is 10.4 Å². The van der Waals surface area contributed by atoms with E-state index in [9.17, 15) is 13.6 Å². The van der Waals surface area contributed by atoms with Crippen LogP contribution in [0.4, 0.5) is 8.78 Å². The van der Waals surface area contributed by atoms with E-state index in [-0.39, 0.29) is 16.7 Å². The van der Waals surface area contributed by atoms with Crippen molar-refractivity contribution in [2.75, 3.05) is 0 Å². The van der Waals surface area contributed by atoms with Crippen LogP contribution >= 0.6 is 0 Å². The first kappa shape index (κ1) is 11.2. The van der Waals surface area contributed by atoms with E-state index in [4.69, 9.17) is 5.11 Å². The van der Waals surface area contributed by atoms with E-state index in [0.717, 1.165) is 18.3 Å². The van der Waals surface area contributed by atoms with Crippen LogP contribution < -0.4 is 0 Å². The molecule has 0 spiro atoms. The Kier molecular flexibility index (Phi) is 2.82. The minimum atomic E-state index is -1.33. The average Bonchev–Trinajstić information content (AvgIpc) is 2.30. The maximum absolute atomic E-state index is 13.5. The Morgan fingerprint density at radius 2 is 1.88 bits per heavy atom. The summed E-state index contributed by atoms with van der Waals surface area (Å²) in [6.07, 6.45) is 1.03. The predicted octanol–water partition coefficient (Wildman–Crippen LogP) is 2.73. The van der Waals surface area contributed by atoms with Crippen molar-refractivity contribution in [3.63, 3.8) is 0 Å². The molecule has 1 aromatic carbocycles. The number of hydrogen-bond acceptors (Lipinski definition) is 2. The van der Waals surface area contributed by atoms with Gasteiger partial charge < -0.3 is 5.11 Å². The highest BCUT2D eigenvalue weighted by atomic mass is 19.1. The Bertz CT molecular complexity index is 584. The number of hydrogen-bond donors (Lipinski definition) is 1. The standard InChI is InChI=1S/C12H7F2NO2/c13-9-4-2-1-3-7(9)10-8(12(16)17)5-6-15-11(10)14/h1-6H,(H,16,17). The number of carboxylic acid groups (broad SMARTS) is 1. The lowest BCUT2D eigenvalue weighted by molar-refractivity contribution is 0.0697. The summed E-state index contributed by atoms with van der Waals surface area (Å²) in [6, 6.07) is 6.51. The van der Waals surface area contributed by atoms with Crippen LogP contribution in [0.2, 0.25) is 0 Å². The number of carbonyl (C=O) groups is 1. The zero-order chi connectivity index (χ0) is 12.4. The molecule has 5 heteroatoms. The second kappa shape index (κ2) is 4.29. The third kappa shape index (κ3) is 1.99. The van der Waals surface area contributed by atoms with Crippen LogP contribution in [0.25, 0.3) is 11.1 Å². The first-order chi connectivity index (χ1) is 8.11. The topological polar surface area (TPSA) is 50.2 Å². The van der Waals surface area contributed by atoms with E-state index in [0.29, 0.717) is 0 Å². The van der Waals surface area contributed by atoms with E-state index < -0.39 is 17.7 Å². The third-order valence-electron chi connectivity index (χ3n) is 2.28. The number of carboxylic acids is 1. The lowest BCUT2D eigenvalue weighted by Gasteiger charge is -2.07. The second-order valence-electron chi connectivity index (χ2n) is 3.31. The van der Waals surface area contributed by atoms with Gasteiger partial charge in [0.05, 0.1) is 11.1 Å². The van der Waals surface area contributed by atoms with Crippen LogP contribution in [0.5, 0.6) is 0 Å². The normalized spacial score (nSPS) is 10.2. The molecule has 1 N–H and O–H groups in total. The molecular formula is C12H7F2NO2. The molecule has 2 aromatic rings. The lowest BCUT2D eigenvalue weighted by Crippen LogP contribution is -2.04. The molecule has 0 aliphatic carbocycles. The second-order valence-corrected chi connectivity index (χ2v) is 3.31. The molecule has 0 bridgehead atoms. The van der Waals surface area contributed by atoms with E-state index in [1.807, 2.05) is 0 Å². The monoisotopic (exact) mass is 235 g/mol. The van der Waals surface area contributed by atoms with Gasteiger partial charge in [-0.05, 0) is 12.1 Å². The van der Waals surface area contributed by atoms with E-state index in [1.54, 1.807) is 0 Å². The maximum atomic E-state index is 13.5. The first-order valence-corrected chi connectivity index (χ1v) is 4.74. The van der Waals surface area contributed by atoms with Gasteiger partial charge in [-0.1, -0.05) is 18.2 Å². The molecule has 0 aliphatic rings. The van der Waals surface area contributed by atoms with Gasteiger partial charge in [-0.15, -0.1) is 0 Å². The molecule has 0 radical (unpaired) electrons. The minimum absolute atomic E-state index is 0.115. The van der Waals surface area contributed by atoms with Gasteiger partial charge in [0, 0.05) is 11.8 Å². The summed E-state index contributed by atoms with van der Waals surface area (Å²) in [5, 5.41) is 8.93. The number of aromatic nitrogens is 1. The summed E-state index contributed by atoms with van der Waals surface area (Å²) in [4.78, 5) is 14.3. The van der Waals surface area contributed by atoms with Crippen LogP contribution in [0, 0.1) is 11.8 Å². The summed E-state index contributed by atoms with van der Waals surface area (Å²) in [7, 11) is 0. The van der Waals surface area contributed by atoms with E-state index >= 15 is 0 Å². The van der Waals surface area contributed by atoms with Crippen LogP contribution in [-0.2, 0) is 0 Å². The highest BCUT2D eigenvalue weighted by Crippen LogP contribution is 2.27. The summed E-state index contributed by atoms with van der Waals surface area (Å²) < 4.78 is 27.0. The number of pyridine rings is 1. The molecule has 0 fully saturated rings. The number of aromatic carboxylic acids is 1. The predicted molar refractivity (Wildman–Crippen MR) is 56.5 cm³/mol. The van der Waals surface area contributed by atoms with Gasteiger partial charge in [0.1, 0.15) is 5.82 Å². The summed E-state index contributed by atoms with van der Waals surface area (Å²) in [6.45, 7) is 0. The Balaban J connectivity index is 2.75. The quantitative estimate of drug-likeness (QED) is 0.814. The summed E-state index contributed by atoms with van der Waals surface area (Å²) in [5.74, 6) is -3.03. The Morgan fingerprint density at radius 1 is 1.18 bits per heavy atom. The number of halogens is 2. The van der Waals surface area contributed by atoms with Gasteiger partial charge in [0.15, 0.2) is 0 Å². The molecule has 0 atom stereocenters. The van der Waals surface area contributed by atoms with E-state index in [1.165, 1.54) is 18.2 Å². The van der Waals surface area contributed by atoms with Crippen LogP contribution in [0.15, 0.2) is 36.5 Å². The number of rotatable bonds is 2. The molecule has 2 rings (SSSR count). The Hall–Kier alpha value is -2.30. The SMILES string of the molecule is O=C(O)c1ccnc(F)c1-c1ccccc1F. The molecule has 86 valence electrons. The van der Waals surface area contributed by atoms with Crippen molar-refractivity contribution >= 4 is 5.97 Å². The number of nitrogens with zero attached hydrogens (tertiary/aromatic N) is 1. The van der Waals surface area contributed by atoms with Gasteiger partial charge in [-0.3, -0.25) is 0 Å². The highest BCUT2D eigenvalue weighted by Gasteiger charge is 2.19. The fraction of sp³-hybridized carbons (Fsp3) is 0. The minimum Gasteiger partial charge on any atom is -0.478 e. The van der Waals surface area contributed by atoms with Gasteiger partial charge in [0.25, 0.3) is 0 Å². The third-order valence-corrected chi connectivity index (χ3v) is 2.28. The largest absolute Gasteiger partial charge is 0.478 e. The molecule has 1 heterocycles. The smallest absolute Gasteiger partial charge is 0.336 e. The first-order valence-electron chi connectivity index (χ1n) is 4.74. The van der Waals surface area contributed by atoms with Gasteiger partial charge in [-0.25, -0.2) is 14.2 Å². The fourth-order valence-electron chi connectivity index (χ4n) is 1.53. The van der Waals surface area contributed by atoms with Gasteiger partial charge in [-0.2, -0.15) is 4.39 Å². The summed E-state index contributed by atoms with van der Waals surface area (Å²) in [5.41, 5.74) is -0.767. The number of benzene rings is 1. The maximum Gasteiger partial charge on any atom is 0.336 e. The average molecular weight is 235 g/mol. The lowest BCUT2D eigenvalue weighted by atomic mass is 10.0. The molecule has 0 saturated heterocycles. The fourth-order valence-corrected chi connectivity index (χ4v) is 1.53. The molecular weight excluding hydrogens is 228 g/mol. The van der Waals surface area contributed by atoms with Crippen molar-refractivity contribution in [3.8, 4) is 11.1 Å². The van der Waals surface area contributed by atoms with Crippen LogP contribution in [-0.4, -0.2) is 16.1 Å². The Morgan fingerprint density at radius 3 is 2.53 bits per heavy atom. The van der Waals surface area contributed by atoms with Gasteiger partial charge >= 0.3 is 5.97 Å². The van der Waals surface area contributed by atoms with E-state index in [2.05, 4.69) is 4.98 Å². The molecule has 3 nitrogen and oxygen atoms in total. The van der Waals surface area contributed by atoms with Crippen molar-refractivity contribution < 1.29 is 18.7 Å². The molecule has 0 saturated carbocycles. The van der Waals surface area contributed by atoms with Crippen molar-refractivity contribution in [3.05, 3.63) is 53.9 Å². The molecule has 0 amide bonds. The zero-order valence-electron chi connectivity index (χ0n) is 8.52. The molecule has 17 heavy (non-hydrogen) atoms. The zero-order valence-corrected chi connectivity index (χ0v) is 8.52. The van der Waals surface area contributed by atoms with Gasteiger partial charge in [0.2, 0.25) is 5.95 Å². The van der Waals surface area contributed by atoms with Crippen molar-refractivity contribution in [1.29, 1.82) is 0 Å².